The van der Waals surface area contributed by atoms with Gasteiger partial charge in [0.25, 0.3) is 0 Å². The lowest BCUT2D eigenvalue weighted by atomic mass is 10.1. The number of hydrogen-bond acceptors (Lipinski definition) is 3. The molecule has 0 bridgehead atoms. The molecule has 4 nitrogen and oxygen atoms in total. The van der Waals surface area contributed by atoms with Crippen LogP contribution < -0.4 is 5.32 Å². The van der Waals surface area contributed by atoms with Crippen molar-refractivity contribution >= 4 is 17.7 Å². The molecule has 1 fully saturated rings. The van der Waals surface area contributed by atoms with Gasteiger partial charge in [0.2, 0.25) is 0 Å². The zero-order valence-corrected chi connectivity index (χ0v) is 16.3. The van der Waals surface area contributed by atoms with Gasteiger partial charge >= 0.3 is 0 Å². The Morgan fingerprint density at radius 1 is 1.32 bits per heavy atom. The van der Waals surface area contributed by atoms with E-state index in [-0.39, 0.29) is 4.75 Å². The minimum Gasteiger partial charge on any atom is -0.357 e. The SMILES string of the molecule is CCNC(=NCC(C)(C)SC)N1CCC(CN(CC)CC)C1. The van der Waals surface area contributed by atoms with Gasteiger partial charge in [-0.1, -0.05) is 13.8 Å². The first kappa shape index (κ1) is 19.6. The first-order valence-electron chi connectivity index (χ1n) is 8.76. The van der Waals surface area contributed by atoms with E-state index in [1.807, 2.05) is 11.8 Å². The van der Waals surface area contributed by atoms with Crippen LogP contribution in [0.1, 0.15) is 41.0 Å². The molecule has 0 aliphatic carbocycles. The Bertz CT molecular complexity index is 340. The third-order valence-corrected chi connectivity index (χ3v) is 5.73. The maximum absolute atomic E-state index is 4.89. The van der Waals surface area contributed by atoms with E-state index in [1.54, 1.807) is 0 Å². The largest absolute Gasteiger partial charge is 0.357 e. The van der Waals surface area contributed by atoms with Crippen LogP contribution in [0.4, 0.5) is 0 Å². The van der Waals surface area contributed by atoms with Gasteiger partial charge in [0, 0.05) is 30.9 Å². The van der Waals surface area contributed by atoms with Crippen LogP contribution in [0.3, 0.4) is 0 Å². The number of guanidine groups is 1. The summed E-state index contributed by atoms with van der Waals surface area (Å²) in [5.41, 5.74) is 0. The highest BCUT2D eigenvalue weighted by Crippen LogP contribution is 2.22. The zero-order valence-electron chi connectivity index (χ0n) is 15.5. The number of thioether (sulfide) groups is 1. The van der Waals surface area contributed by atoms with E-state index in [0.29, 0.717) is 0 Å². The summed E-state index contributed by atoms with van der Waals surface area (Å²) in [5.74, 6) is 1.88. The van der Waals surface area contributed by atoms with Crippen molar-refractivity contribution in [2.24, 2.45) is 10.9 Å². The molecule has 1 aliphatic rings. The van der Waals surface area contributed by atoms with Crippen LogP contribution in [-0.2, 0) is 0 Å². The van der Waals surface area contributed by atoms with Gasteiger partial charge in [0.1, 0.15) is 0 Å². The number of rotatable bonds is 8. The lowest BCUT2D eigenvalue weighted by molar-refractivity contribution is 0.255. The molecule has 0 aromatic heterocycles. The molecule has 1 aliphatic heterocycles. The standard InChI is InChI=1S/C17H36N4S/c1-7-18-16(19-14-17(4,5)22-6)21-11-10-15(13-21)12-20(8-2)9-3/h15H,7-14H2,1-6H3,(H,18,19). The second kappa shape index (κ2) is 9.66. The van der Waals surface area contributed by atoms with Crippen LogP contribution in [-0.4, -0.2) is 72.6 Å². The first-order valence-corrected chi connectivity index (χ1v) is 9.98. The second-order valence-corrected chi connectivity index (χ2v) is 8.23. The average Bonchev–Trinajstić information content (AvgIpc) is 2.97. The van der Waals surface area contributed by atoms with Gasteiger partial charge in [-0.2, -0.15) is 11.8 Å². The highest BCUT2D eigenvalue weighted by Gasteiger charge is 2.26. The fraction of sp³-hybridized carbons (Fsp3) is 0.941. The van der Waals surface area contributed by atoms with Crippen LogP contribution >= 0.6 is 11.8 Å². The molecule has 0 amide bonds. The second-order valence-electron chi connectivity index (χ2n) is 6.72. The maximum Gasteiger partial charge on any atom is 0.193 e. The normalized spacial score (nSPS) is 20.0. The fourth-order valence-electron chi connectivity index (χ4n) is 2.78. The van der Waals surface area contributed by atoms with Gasteiger partial charge < -0.3 is 15.1 Å². The molecule has 130 valence electrons. The molecule has 1 N–H and O–H groups in total. The molecule has 0 saturated carbocycles. The Labute approximate surface area is 142 Å². The Hall–Kier alpha value is -0.420. The zero-order chi connectivity index (χ0) is 16.6. The Morgan fingerprint density at radius 2 is 2.00 bits per heavy atom. The third kappa shape index (κ3) is 6.37. The summed E-state index contributed by atoms with van der Waals surface area (Å²) in [6.45, 7) is 18.8. The van der Waals surface area contributed by atoms with Crippen LogP contribution in [0.5, 0.6) is 0 Å². The Kier molecular flexibility index (Phi) is 8.62. The van der Waals surface area contributed by atoms with Gasteiger partial charge in [-0.25, -0.2) is 0 Å². The molecule has 0 aromatic rings. The number of hydrogen-bond donors (Lipinski definition) is 1. The van der Waals surface area contributed by atoms with Gasteiger partial charge in [0.05, 0.1) is 6.54 Å². The fourth-order valence-corrected chi connectivity index (χ4v) is 2.97. The number of aliphatic imine (C=N–C) groups is 1. The summed E-state index contributed by atoms with van der Waals surface area (Å²) in [6, 6.07) is 0. The highest BCUT2D eigenvalue weighted by atomic mass is 32.2. The molecule has 1 unspecified atom stereocenters. The van der Waals surface area contributed by atoms with E-state index >= 15 is 0 Å². The summed E-state index contributed by atoms with van der Waals surface area (Å²) in [6.07, 6.45) is 3.45. The first-order chi connectivity index (χ1) is 10.5. The van der Waals surface area contributed by atoms with Gasteiger partial charge in [0.15, 0.2) is 5.96 Å². The predicted molar refractivity (Wildman–Crippen MR) is 101 cm³/mol. The molecule has 0 radical (unpaired) electrons. The van der Waals surface area contributed by atoms with Crippen LogP contribution in [0.2, 0.25) is 0 Å². The smallest absolute Gasteiger partial charge is 0.193 e. The van der Waals surface area contributed by atoms with Crippen molar-refractivity contribution in [1.29, 1.82) is 0 Å². The van der Waals surface area contributed by atoms with E-state index < -0.39 is 0 Å². The molecule has 22 heavy (non-hydrogen) atoms. The molecule has 1 heterocycles. The third-order valence-electron chi connectivity index (χ3n) is 4.49. The van der Waals surface area contributed by atoms with E-state index in [4.69, 9.17) is 4.99 Å². The summed E-state index contributed by atoms with van der Waals surface area (Å²) in [5, 5.41) is 3.48. The summed E-state index contributed by atoms with van der Waals surface area (Å²) < 4.78 is 0.209. The summed E-state index contributed by atoms with van der Waals surface area (Å²) in [7, 11) is 0. The van der Waals surface area contributed by atoms with Crippen molar-refractivity contribution in [3.63, 3.8) is 0 Å². The molecular weight excluding hydrogens is 292 g/mol. The van der Waals surface area contributed by atoms with Crippen molar-refractivity contribution in [2.75, 3.05) is 52.1 Å². The molecule has 0 aromatic carbocycles. The molecule has 5 heteroatoms. The minimum atomic E-state index is 0.209. The van der Waals surface area contributed by atoms with E-state index in [9.17, 15) is 0 Å². The Balaban J connectivity index is 2.60. The maximum atomic E-state index is 4.89. The lowest BCUT2D eigenvalue weighted by Gasteiger charge is -2.26. The summed E-state index contributed by atoms with van der Waals surface area (Å²) >= 11 is 1.88. The van der Waals surface area contributed by atoms with Crippen molar-refractivity contribution in [3.8, 4) is 0 Å². The molecular formula is C17H36N4S. The van der Waals surface area contributed by atoms with E-state index in [1.165, 1.54) is 13.0 Å². The highest BCUT2D eigenvalue weighted by molar-refractivity contribution is 7.99. The Morgan fingerprint density at radius 3 is 2.55 bits per heavy atom. The quantitative estimate of drug-likeness (QED) is 0.548. The van der Waals surface area contributed by atoms with Crippen molar-refractivity contribution < 1.29 is 0 Å². The number of likely N-dealkylation sites (tertiary alicyclic amines) is 1. The molecule has 1 atom stereocenters. The predicted octanol–water partition coefficient (Wildman–Crippen LogP) is 2.76. The number of nitrogens with zero attached hydrogens (tertiary/aromatic N) is 3. The van der Waals surface area contributed by atoms with E-state index in [2.05, 4.69) is 56.0 Å². The van der Waals surface area contributed by atoms with Crippen LogP contribution in [0.25, 0.3) is 0 Å². The molecule has 0 spiro atoms. The summed E-state index contributed by atoms with van der Waals surface area (Å²) in [4.78, 5) is 9.88. The van der Waals surface area contributed by atoms with Crippen LogP contribution in [0, 0.1) is 5.92 Å². The number of nitrogens with one attached hydrogen (secondary N) is 1. The lowest BCUT2D eigenvalue weighted by Crippen LogP contribution is -2.41. The molecule has 1 saturated heterocycles. The van der Waals surface area contributed by atoms with Crippen molar-refractivity contribution in [3.05, 3.63) is 0 Å². The minimum absolute atomic E-state index is 0.209. The molecule has 1 rings (SSSR count). The van der Waals surface area contributed by atoms with Gasteiger partial charge in [-0.15, -0.1) is 0 Å². The van der Waals surface area contributed by atoms with Gasteiger partial charge in [-0.3, -0.25) is 4.99 Å². The van der Waals surface area contributed by atoms with Crippen molar-refractivity contribution in [1.82, 2.24) is 15.1 Å². The van der Waals surface area contributed by atoms with Gasteiger partial charge in [-0.05, 0) is 52.5 Å². The topological polar surface area (TPSA) is 30.9 Å². The monoisotopic (exact) mass is 328 g/mol. The van der Waals surface area contributed by atoms with Crippen molar-refractivity contribution in [2.45, 2.75) is 45.8 Å². The average molecular weight is 329 g/mol. The van der Waals surface area contributed by atoms with E-state index in [0.717, 1.165) is 51.1 Å². The van der Waals surface area contributed by atoms with Crippen LogP contribution in [0.15, 0.2) is 4.99 Å².